The molecule has 0 radical (unpaired) electrons. The maximum absolute atomic E-state index is 12.8. The molecule has 0 aliphatic carbocycles. The molecule has 0 aromatic heterocycles. The van der Waals surface area contributed by atoms with Crippen LogP contribution in [0, 0.1) is 5.41 Å². The monoisotopic (exact) mass is 540 g/mol. The lowest BCUT2D eigenvalue weighted by Gasteiger charge is -2.23. The van der Waals surface area contributed by atoms with Gasteiger partial charge in [-0.15, -0.1) is 0 Å². The van der Waals surface area contributed by atoms with Crippen molar-refractivity contribution in [3.8, 4) is 23.0 Å². The molecule has 0 bridgehead atoms. The van der Waals surface area contributed by atoms with Crippen LogP contribution >= 0.6 is 0 Å². The van der Waals surface area contributed by atoms with E-state index in [0.29, 0.717) is 6.42 Å². The smallest absolute Gasteiger partial charge is 0.428 e. The molecule has 0 amide bonds. The third kappa shape index (κ3) is 11.7. The molecule has 0 saturated heterocycles. The van der Waals surface area contributed by atoms with Crippen molar-refractivity contribution in [2.45, 2.75) is 106 Å². The summed E-state index contributed by atoms with van der Waals surface area (Å²) in [6.07, 6.45) is -2.94. The van der Waals surface area contributed by atoms with Gasteiger partial charge in [0.1, 0.15) is 16.8 Å². The summed E-state index contributed by atoms with van der Waals surface area (Å²) in [7, 11) is 0. The first-order valence-corrected chi connectivity index (χ1v) is 12.1. The number of benzene rings is 1. The number of carbonyl (C=O) groups is 4. The predicted molar refractivity (Wildman–Crippen MR) is 137 cm³/mol. The van der Waals surface area contributed by atoms with Crippen molar-refractivity contribution in [3.63, 3.8) is 0 Å². The summed E-state index contributed by atoms with van der Waals surface area (Å²) in [5, 5.41) is 0. The molecule has 0 unspecified atom stereocenters. The zero-order valence-electron chi connectivity index (χ0n) is 24.4. The molecule has 1 aromatic carbocycles. The molecule has 1 rings (SSSR count). The molecule has 0 heterocycles. The Balaban J connectivity index is 3.63. The topological polar surface area (TPSA) is 133 Å². The molecular weight excluding hydrogens is 500 g/mol. The number of carbonyl (C=O) groups excluding carboxylic acids is 4. The van der Waals surface area contributed by atoms with E-state index in [1.165, 1.54) is 0 Å². The van der Waals surface area contributed by atoms with Gasteiger partial charge in [0.2, 0.25) is 0 Å². The molecule has 0 saturated carbocycles. The van der Waals surface area contributed by atoms with E-state index in [-0.39, 0.29) is 23.0 Å². The highest BCUT2D eigenvalue weighted by molar-refractivity contribution is 5.80. The number of rotatable bonds is 6. The average molecular weight is 541 g/mol. The number of ether oxygens (including phenoxy) is 7. The summed E-state index contributed by atoms with van der Waals surface area (Å²) in [4.78, 5) is 50.1. The predicted octanol–water partition coefficient (Wildman–Crippen LogP) is 6.97. The highest BCUT2D eigenvalue weighted by Gasteiger charge is 2.32. The molecule has 0 fully saturated rings. The number of hydrogen-bond acceptors (Lipinski definition) is 11. The second-order valence-electron chi connectivity index (χ2n) is 12.1. The van der Waals surface area contributed by atoms with Crippen molar-refractivity contribution in [3.05, 3.63) is 12.1 Å². The lowest BCUT2D eigenvalue weighted by molar-refractivity contribution is -0.144. The van der Waals surface area contributed by atoms with Gasteiger partial charge in [-0.05, 0) is 82.6 Å². The van der Waals surface area contributed by atoms with Crippen LogP contribution in [-0.2, 0) is 19.0 Å². The molecule has 0 spiro atoms. The average Bonchev–Trinajstić information content (AvgIpc) is 2.66. The largest absolute Gasteiger partial charge is 0.514 e. The van der Waals surface area contributed by atoms with Gasteiger partial charge in [0.05, 0.1) is 5.41 Å². The van der Waals surface area contributed by atoms with Gasteiger partial charge in [-0.2, -0.15) is 0 Å². The normalized spacial score (nSPS) is 12.2. The van der Waals surface area contributed by atoms with Crippen LogP contribution in [0.3, 0.4) is 0 Å². The summed E-state index contributed by atoms with van der Waals surface area (Å²) in [5.41, 5.74) is -3.60. The second-order valence-corrected chi connectivity index (χ2v) is 12.1. The van der Waals surface area contributed by atoms with Crippen molar-refractivity contribution < 1.29 is 52.3 Å². The van der Waals surface area contributed by atoms with Gasteiger partial charge in [-0.1, -0.05) is 6.92 Å². The Kier molecular flexibility index (Phi) is 10.2. The molecule has 0 atom stereocenters. The minimum absolute atomic E-state index is 0.294. The van der Waals surface area contributed by atoms with Gasteiger partial charge in [0.15, 0.2) is 23.0 Å². The van der Waals surface area contributed by atoms with Gasteiger partial charge in [0.25, 0.3) is 0 Å². The fourth-order valence-corrected chi connectivity index (χ4v) is 2.31. The fraction of sp³-hybridized carbons (Fsp3) is 0.630. The SMILES string of the molecule is CCC(C)(C)C(=O)Oc1cc(OC(=O)OC(C)(C)C)c(OC(=O)OC(C)(C)C)cc1OC(=O)OC(C)(C)C. The molecule has 11 heteroatoms. The first-order valence-electron chi connectivity index (χ1n) is 12.1. The molecular formula is C27H40O11. The van der Waals surface area contributed by atoms with Crippen LogP contribution in [0.1, 0.15) is 89.5 Å². The first-order chi connectivity index (χ1) is 17.0. The number of hydrogen-bond donors (Lipinski definition) is 0. The summed E-state index contributed by atoms with van der Waals surface area (Å²) in [6, 6.07) is 2.10. The van der Waals surface area contributed by atoms with Gasteiger partial charge in [-0.3, -0.25) is 4.79 Å². The van der Waals surface area contributed by atoms with E-state index < -0.39 is 46.7 Å². The third-order valence-electron chi connectivity index (χ3n) is 4.40. The van der Waals surface area contributed by atoms with Crippen molar-refractivity contribution in [2.24, 2.45) is 5.41 Å². The third-order valence-corrected chi connectivity index (χ3v) is 4.40. The van der Waals surface area contributed by atoms with Crippen LogP contribution in [0.15, 0.2) is 12.1 Å². The van der Waals surface area contributed by atoms with Crippen molar-refractivity contribution in [2.75, 3.05) is 0 Å². The van der Waals surface area contributed by atoms with Gasteiger partial charge in [-0.25, -0.2) is 14.4 Å². The van der Waals surface area contributed by atoms with Crippen LogP contribution < -0.4 is 18.9 Å². The van der Waals surface area contributed by atoms with Gasteiger partial charge in [0, 0.05) is 12.1 Å². The molecule has 11 nitrogen and oxygen atoms in total. The van der Waals surface area contributed by atoms with E-state index >= 15 is 0 Å². The summed E-state index contributed by atoms with van der Waals surface area (Å²) in [6.45, 7) is 19.8. The Morgan fingerprint density at radius 2 is 0.789 bits per heavy atom. The van der Waals surface area contributed by atoms with Crippen LogP contribution in [0.25, 0.3) is 0 Å². The van der Waals surface area contributed by atoms with E-state index in [2.05, 4.69) is 0 Å². The minimum atomic E-state index is -1.13. The molecule has 38 heavy (non-hydrogen) atoms. The maximum atomic E-state index is 12.8. The fourth-order valence-electron chi connectivity index (χ4n) is 2.31. The Hall–Kier alpha value is -3.50. The van der Waals surface area contributed by atoms with Gasteiger partial charge < -0.3 is 33.2 Å². The van der Waals surface area contributed by atoms with Crippen molar-refractivity contribution in [1.29, 1.82) is 0 Å². The Bertz CT molecular complexity index is 1030. The van der Waals surface area contributed by atoms with Crippen LogP contribution in [-0.4, -0.2) is 41.2 Å². The standard InChI is InChI=1S/C27H40O11/c1-13-27(11,12)20(28)32-16-14-18(34-22(30)37-25(5,6)7)19(35-23(31)38-26(8,9)10)15-17(16)33-21(29)36-24(2,3)4/h14-15H,13H2,1-12H3. The summed E-state index contributed by atoms with van der Waals surface area (Å²) < 4.78 is 36.9. The summed E-state index contributed by atoms with van der Waals surface area (Å²) >= 11 is 0. The molecule has 0 aliphatic rings. The minimum Gasteiger partial charge on any atom is -0.428 e. The quantitative estimate of drug-likeness (QED) is 0.160. The Labute approximate surface area is 224 Å². The Morgan fingerprint density at radius 3 is 1.03 bits per heavy atom. The van der Waals surface area contributed by atoms with Crippen LogP contribution in [0.5, 0.6) is 23.0 Å². The molecule has 0 N–H and O–H groups in total. The second kappa shape index (κ2) is 11.9. The highest BCUT2D eigenvalue weighted by Crippen LogP contribution is 2.42. The lowest BCUT2D eigenvalue weighted by atomic mass is 9.91. The number of esters is 1. The highest BCUT2D eigenvalue weighted by atomic mass is 16.8. The van der Waals surface area contributed by atoms with E-state index in [1.807, 2.05) is 0 Å². The zero-order valence-corrected chi connectivity index (χ0v) is 24.4. The lowest BCUT2D eigenvalue weighted by Crippen LogP contribution is -2.29. The van der Waals surface area contributed by atoms with Crippen molar-refractivity contribution in [1.82, 2.24) is 0 Å². The van der Waals surface area contributed by atoms with E-state index in [1.54, 1.807) is 83.1 Å². The summed E-state index contributed by atoms with van der Waals surface area (Å²) in [5.74, 6) is -2.03. The van der Waals surface area contributed by atoms with E-state index in [0.717, 1.165) is 12.1 Å². The van der Waals surface area contributed by atoms with Crippen molar-refractivity contribution >= 4 is 24.4 Å². The van der Waals surface area contributed by atoms with Crippen LogP contribution in [0.2, 0.25) is 0 Å². The van der Waals surface area contributed by atoms with E-state index in [9.17, 15) is 19.2 Å². The Morgan fingerprint density at radius 1 is 0.526 bits per heavy atom. The first kappa shape index (κ1) is 32.5. The van der Waals surface area contributed by atoms with E-state index in [4.69, 9.17) is 33.2 Å². The van der Waals surface area contributed by atoms with Gasteiger partial charge >= 0.3 is 24.4 Å². The molecule has 1 aromatic rings. The molecule has 214 valence electrons. The van der Waals surface area contributed by atoms with Crippen LogP contribution in [0.4, 0.5) is 14.4 Å². The maximum Gasteiger partial charge on any atom is 0.514 e. The zero-order chi connectivity index (χ0) is 29.7. The molecule has 0 aliphatic heterocycles.